The molecule has 4 N–H and O–H groups in total. The van der Waals surface area contributed by atoms with Gasteiger partial charge in [-0.1, -0.05) is 18.2 Å². The Morgan fingerprint density at radius 2 is 1.86 bits per heavy atom. The van der Waals surface area contributed by atoms with E-state index in [0.29, 0.717) is 30.9 Å². The molecule has 0 aromatic heterocycles. The Kier molecular flexibility index (Phi) is 6.07. The Morgan fingerprint density at radius 1 is 1.10 bits per heavy atom. The molecule has 154 valence electrons. The molecule has 0 spiro atoms. The number of benzene rings is 2. The molecular weight excluding hydrogens is 388 g/mol. The molecule has 0 saturated carbocycles. The van der Waals surface area contributed by atoms with Crippen LogP contribution in [-0.4, -0.2) is 24.8 Å². The molecule has 0 radical (unpaired) electrons. The van der Waals surface area contributed by atoms with Gasteiger partial charge in [-0.25, -0.2) is 9.38 Å². The van der Waals surface area contributed by atoms with Gasteiger partial charge in [0.2, 0.25) is 0 Å². The lowest BCUT2D eigenvalue weighted by Crippen LogP contribution is -2.61. The highest BCUT2D eigenvalue weighted by molar-refractivity contribution is 5.83. The summed E-state index contributed by atoms with van der Waals surface area (Å²) in [5, 5.41) is 5.75. The van der Waals surface area contributed by atoms with Crippen LogP contribution in [0.2, 0.25) is 0 Å². The number of alkyl halides is 3. The van der Waals surface area contributed by atoms with Crippen molar-refractivity contribution >= 4 is 5.96 Å². The standard InChI is InChI=1S/C20H20F4N4O/c21-17-7-6-15(20(22,23)24)12-14(17)13-19(25)8-9-26-18(28-19)27-10-11-29-16-4-2-1-3-5-16/h1-9,12H,10-11,13,25H2,(H2,26,27,28). The maximum absolute atomic E-state index is 14.1. The minimum Gasteiger partial charge on any atom is -0.492 e. The number of ether oxygens (including phenoxy) is 1. The third-order valence-electron chi connectivity index (χ3n) is 4.18. The second kappa shape index (κ2) is 8.52. The zero-order chi connectivity index (χ0) is 20.9. The lowest BCUT2D eigenvalue weighted by atomic mass is 9.97. The number of hydrogen-bond donors (Lipinski definition) is 3. The number of hydrogen-bond acceptors (Lipinski definition) is 3. The molecule has 1 heterocycles. The smallest absolute Gasteiger partial charge is 0.416 e. The predicted molar refractivity (Wildman–Crippen MR) is 102 cm³/mol. The van der Waals surface area contributed by atoms with Crippen LogP contribution in [0.3, 0.4) is 0 Å². The van der Waals surface area contributed by atoms with Crippen molar-refractivity contribution in [3.63, 3.8) is 0 Å². The lowest BCUT2D eigenvalue weighted by Gasteiger charge is -2.32. The van der Waals surface area contributed by atoms with Crippen LogP contribution in [0.25, 0.3) is 0 Å². The highest BCUT2D eigenvalue weighted by Crippen LogP contribution is 2.31. The van der Waals surface area contributed by atoms with Crippen LogP contribution in [-0.2, 0) is 12.6 Å². The summed E-state index contributed by atoms with van der Waals surface area (Å²) in [4.78, 5) is 4.28. The number of nitrogens with one attached hydrogen (secondary N) is 2. The van der Waals surface area contributed by atoms with Crippen LogP contribution in [0.15, 0.2) is 65.8 Å². The van der Waals surface area contributed by atoms with Gasteiger partial charge in [-0.05, 0) is 42.0 Å². The lowest BCUT2D eigenvalue weighted by molar-refractivity contribution is -0.137. The van der Waals surface area contributed by atoms with Gasteiger partial charge in [0.25, 0.3) is 0 Å². The number of rotatable bonds is 6. The monoisotopic (exact) mass is 408 g/mol. The van der Waals surface area contributed by atoms with E-state index in [1.165, 1.54) is 12.3 Å². The molecule has 1 aliphatic heterocycles. The Balaban J connectivity index is 1.63. The average Bonchev–Trinajstić information content (AvgIpc) is 2.67. The maximum Gasteiger partial charge on any atom is 0.416 e. The van der Waals surface area contributed by atoms with E-state index in [0.717, 1.165) is 12.1 Å². The van der Waals surface area contributed by atoms with E-state index in [9.17, 15) is 17.6 Å². The fraction of sp³-hybridized carbons (Fsp3) is 0.250. The first-order valence-corrected chi connectivity index (χ1v) is 8.84. The molecule has 9 heteroatoms. The highest BCUT2D eigenvalue weighted by atomic mass is 19.4. The number of aliphatic imine (C=N–C) groups is 1. The van der Waals surface area contributed by atoms with Crippen molar-refractivity contribution in [2.24, 2.45) is 10.7 Å². The van der Waals surface area contributed by atoms with Gasteiger partial charge < -0.3 is 21.1 Å². The third-order valence-corrected chi connectivity index (χ3v) is 4.18. The first-order valence-electron chi connectivity index (χ1n) is 8.84. The molecule has 1 unspecified atom stereocenters. The number of nitrogens with two attached hydrogens (primary N) is 1. The van der Waals surface area contributed by atoms with Crippen LogP contribution in [0.4, 0.5) is 17.6 Å². The van der Waals surface area contributed by atoms with Crippen molar-refractivity contribution in [2.75, 3.05) is 13.2 Å². The van der Waals surface area contributed by atoms with E-state index in [2.05, 4.69) is 15.6 Å². The van der Waals surface area contributed by atoms with Gasteiger partial charge in [0.15, 0.2) is 5.96 Å². The van der Waals surface area contributed by atoms with Gasteiger partial charge in [0.05, 0.1) is 12.1 Å². The van der Waals surface area contributed by atoms with E-state index in [4.69, 9.17) is 10.5 Å². The molecule has 2 aromatic rings. The summed E-state index contributed by atoms with van der Waals surface area (Å²) in [5.74, 6) is 0.274. The molecule has 0 aliphatic carbocycles. The SMILES string of the molecule is NC1(Cc2cc(C(F)(F)F)ccc2F)C=CNC(=NCCOc2ccccc2)N1. The highest BCUT2D eigenvalue weighted by Gasteiger charge is 2.33. The van der Waals surface area contributed by atoms with Crippen molar-refractivity contribution < 1.29 is 22.3 Å². The zero-order valence-electron chi connectivity index (χ0n) is 15.3. The first-order chi connectivity index (χ1) is 13.8. The average molecular weight is 408 g/mol. The molecule has 1 atom stereocenters. The molecule has 1 aliphatic rings. The summed E-state index contributed by atoms with van der Waals surface area (Å²) in [5.41, 5.74) is 3.84. The molecule has 0 bridgehead atoms. The van der Waals surface area contributed by atoms with Crippen LogP contribution in [0.1, 0.15) is 11.1 Å². The fourth-order valence-corrected chi connectivity index (χ4v) is 2.80. The topological polar surface area (TPSA) is 71.7 Å². The fourth-order valence-electron chi connectivity index (χ4n) is 2.80. The molecule has 3 rings (SSSR count). The molecular formula is C20H20F4N4O. The van der Waals surface area contributed by atoms with Gasteiger partial charge in [-0.3, -0.25) is 0 Å². The van der Waals surface area contributed by atoms with Crippen molar-refractivity contribution in [1.82, 2.24) is 10.6 Å². The van der Waals surface area contributed by atoms with Crippen LogP contribution in [0, 0.1) is 5.82 Å². The van der Waals surface area contributed by atoms with Crippen molar-refractivity contribution in [1.29, 1.82) is 0 Å². The van der Waals surface area contributed by atoms with Gasteiger partial charge >= 0.3 is 6.18 Å². The maximum atomic E-state index is 14.1. The van der Waals surface area contributed by atoms with Gasteiger partial charge in [0, 0.05) is 12.6 Å². The Bertz CT molecular complexity index is 899. The molecule has 0 amide bonds. The summed E-state index contributed by atoms with van der Waals surface area (Å²) in [6.45, 7) is 0.631. The number of nitrogens with zero attached hydrogens (tertiary/aromatic N) is 1. The predicted octanol–water partition coefficient (Wildman–Crippen LogP) is 3.18. The zero-order valence-corrected chi connectivity index (χ0v) is 15.3. The van der Waals surface area contributed by atoms with Crippen LogP contribution < -0.4 is 21.1 Å². The molecule has 0 saturated heterocycles. The van der Waals surface area contributed by atoms with E-state index in [-0.39, 0.29) is 12.0 Å². The van der Waals surface area contributed by atoms with E-state index in [1.807, 2.05) is 30.3 Å². The van der Waals surface area contributed by atoms with Gasteiger partial charge in [-0.15, -0.1) is 0 Å². The van der Waals surface area contributed by atoms with E-state index < -0.39 is 23.2 Å². The summed E-state index contributed by atoms with van der Waals surface area (Å²) >= 11 is 0. The molecule has 29 heavy (non-hydrogen) atoms. The quantitative estimate of drug-likeness (QED) is 0.507. The summed E-state index contributed by atoms with van der Waals surface area (Å²) in [6.07, 6.45) is -1.74. The normalized spacial score (nSPS) is 20.2. The summed E-state index contributed by atoms with van der Waals surface area (Å²) < 4.78 is 58.3. The second-order valence-corrected chi connectivity index (χ2v) is 6.52. The van der Waals surface area contributed by atoms with Gasteiger partial charge in [0.1, 0.15) is 23.8 Å². The second-order valence-electron chi connectivity index (χ2n) is 6.52. The van der Waals surface area contributed by atoms with E-state index >= 15 is 0 Å². The van der Waals surface area contributed by atoms with Crippen molar-refractivity contribution in [3.8, 4) is 5.75 Å². The summed E-state index contributed by atoms with van der Waals surface area (Å²) in [7, 11) is 0. The summed E-state index contributed by atoms with van der Waals surface area (Å²) in [6, 6.07) is 11.5. The largest absolute Gasteiger partial charge is 0.492 e. The molecule has 2 aromatic carbocycles. The van der Waals surface area contributed by atoms with Gasteiger partial charge in [-0.2, -0.15) is 13.2 Å². The third kappa shape index (κ3) is 5.71. The van der Waals surface area contributed by atoms with Crippen molar-refractivity contribution in [2.45, 2.75) is 18.3 Å². The number of para-hydroxylation sites is 1. The number of guanidine groups is 1. The van der Waals surface area contributed by atoms with Crippen LogP contribution >= 0.6 is 0 Å². The Labute approximate surface area is 165 Å². The van der Waals surface area contributed by atoms with Crippen molar-refractivity contribution in [3.05, 3.63) is 77.8 Å². The van der Waals surface area contributed by atoms with Crippen LogP contribution in [0.5, 0.6) is 5.75 Å². The molecule has 0 fully saturated rings. The van der Waals surface area contributed by atoms with E-state index in [1.54, 1.807) is 0 Å². The Morgan fingerprint density at radius 3 is 2.59 bits per heavy atom. The first kappa shape index (κ1) is 20.7. The minimum atomic E-state index is -4.56. The molecule has 5 nitrogen and oxygen atoms in total. The Hall–Kier alpha value is -3.07. The minimum absolute atomic E-state index is 0.145. The number of halogens is 4.